The molecule has 30 heavy (non-hydrogen) atoms. The fourth-order valence-electron chi connectivity index (χ4n) is 2.75. The van der Waals surface area contributed by atoms with Gasteiger partial charge in [-0.25, -0.2) is 0 Å². The zero-order chi connectivity index (χ0) is 21.7. The van der Waals surface area contributed by atoms with Crippen LogP contribution in [0.4, 0.5) is 5.69 Å². The number of hydrogen-bond acceptors (Lipinski definition) is 7. The Bertz CT molecular complexity index is 1040. The first-order valence-corrected chi connectivity index (χ1v) is 10.5. The highest BCUT2D eigenvalue weighted by molar-refractivity contribution is 7.99. The summed E-state index contributed by atoms with van der Waals surface area (Å²) in [5, 5.41) is 16.3. The highest BCUT2D eigenvalue weighted by Crippen LogP contribution is 2.29. The van der Waals surface area contributed by atoms with E-state index in [-0.39, 0.29) is 17.4 Å². The van der Waals surface area contributed by atoms with Crippen LogP contribution >= 0.6 is 11.8 Å². The maximum atomic E-state index is 12.3. The van der Waals surface area contributed by atoms with Crippen LogP contribution in [-0.2, 0) is 18.4 Å². The van der Waals surface area contributed by atoms with E-state index in [0.717, 1.165) is 5.56 Å². The number of rotatable bonds is 9. The van der Waals surface area contributed by atoms with Crippen LogP contribution in [0.2, 0.25) is 0 Å². The number of amides is 1. The van der Waals surface area contributed by atoms with Crippen molar-refractivity contribution in [1.82, 2.24) is 24.5 Å². The van der Waals surface area contributed by atoms with Crippen LogP contribution in [0.15, 0.2) is 35.6 Å². The Hall–Kier alpha value is -3.14. The Morgan fingerprint density at radius 1 is 1.17 bits per heavy atom. The lowest BCUT2D eigenvalue weighted by molar-refractivity contribution is -0.113. The fraction of sp³-hybridized carbons (Fsp3) is 0.350. The van der Waals surface area contributed by atoms with Crippen molar-refractivity contribution in [3.05, 3.63) is 36.0 Å². The van der Waals surface area contributed by atoms with Gasteiger partial charge in [-0.2, -0.15) is 0 Å². The topological polar surface area (TPSA) is 104 Å². The summed E-state index contributed by atoms with van der Waals surface area (Å²) in [5.41, 5.74) is 2.00. The molecule has 1 N–H and O–H groups in total. The first-order valence-electron chi connectivity index (χ1n) is 9.56. The SMILES string of the molecule is CCOc1nn(CC)cc1-c1nnc(SCC(=O)Nc2ccc(C(C)=O)cc2)n1C. The van der Waals surface area contributed by atoms with Gasteiger partial charge >= 0.3 is 0 Å². The molecule has 1 amide bonds. The predicted molar refractivity (Wildman–Crippen MR) is 115 cm³/mol. The molecule has 9 nitrogen and oxygen atoms in total. The van der Waals surface area contributed by atoms with Gasteiger partial charge in [0.2, 0.25) is 11.8 Å². The second-order valence-electron chi connectivity index (χ2n) is 6.47. The molecule has 0 fully saturated rings. The second kappa shape index (κ2) is 9.57. The van der Waals surface area contributed by atoms with E-state index in [1.54, 1.807) is 28.9 Å². The summed E-state index contributed by atoms with van der Waals surface area (Å²) >= 11 is 1.28. The van der Waals surface area contributed by atoms with Crippen LogP contribution in [0.3, 0.4) is 0 Å². The molecule has 0 radical (unpaired) electrons. The van der Waals surface area contributed by atoms with Crippen molar-refractivity contribution in [2.45, 2.75) is 32.5 Å². The van der Waals surface area contributed by atoms with Crippen LogP contribution in [0.1, 0.15) is 31.1 Å². The Morgan fingerprint density at radius 3 is 2.53 bits per heavy atom. The molecule has 0 aliphatic rings. The number of Topliss-reactive ketones (excluding diaryl/α,β-unsaturated/α-hetero) is 1. The number of nitrogens with zero attached hydrogens (tertiary/aromatic N) is 5. The number of aryl methyl sites for hydroxylation is 1. The molecule has 2 heterocycles. The number of ketones is 1. The van der Waals surface area contributed by atoms with E-state index in [2.05, 4.69) is 20.6 Å². The summed E-state index contributed by atoms with van der Waals surface area (Å²) in [4.78, 5) is 23.6. The predicted octanol–water partition coefficient (Wildman–Crippen LogP) is 3.03. The minimum atomic E-state index is -0.172. The van der Waals surface area contributed by atoms with Gasteiger partial charge in [-0.1, -0.05) is 11.8 Å². The van der Waals surface area contributed by atoms with E-state index < -0.39 is 0 Å². The summed E-state index contributed by atoms with van der Waals surface area (Å²) in [6.07, 6.45) is 1.88. The maximum absolute atomic E-state index is 12.3. The number of aromatic nitrogens is 5. The number of nitrogens with one attached hydrogen (secondary N) is 1. The summed E-state index contributed by atoms with van der Waals surface area (Å²) in [5.74, 6) is 1.12. The third kappa shape index (κ3) is 4.88. The van der Waals surface area contributed by atoms with E-state index in [1.807, 2.05) is 31.7 Å². The standard InChI is InChI=1S/C20H24N6O3S/c1-5-26-11-16(19(24-26)29-6-2)18-22-23-20(25(18)4)30-12-17(28)21-15-9-7-14(8-10-15)13(3)27/h7-11H,5-6,12H2,1-4H3,(H,21,28). The summed E-state index contributed by atoms with van der Waals surface area (Å²) in [7, 11) is 1.84. The van der Waals surface area contributed by atoms with Gasteiger partial charge in [-0.05, 0) is 45.0 Å². The second-order valence-corrected chi connectivity index (χ2v) is 7.41. The minimum Gasteiger partial charge on any atom is -0.476 e. The zero-order valence-corrected chi connectivity index (χ0v) is 18.2. The molecule has 0 saturated carbocycles. The van der Waals surface area contributed by atoms with Gasteiger partial charge in [0.25, 0.3) is 0 Å². The Kier molecular flexibility index (Phi) is 6.88. The van der Waals surface area contributed by atoms with Gasteiger partial charge in [-0.15, -0.1) is 15.3 Å². The lowest BCUT2D eigenvalue weighted by Gasteiger charge is -2.06. The number of carbonyl (C=O) groups is 2. The lowest BCUT2D eigenvalue weighted by atomic mass is 10.1. The average molecular weight is 429 g/mol. The maximum Gasteiger partial charge on any atom is 0.243 e. The van der Waals surface area contributed by atoms with Crippen molar-refractivity contribution in [3.8, 4) is 17.3 Å². The molecular formula is C20H24N6O3S. The largest absolute Gasteiger partial charge is 0.476 e. The van der Waals surface area contributed by atoms with Crippen LogP contribution in [0, 0.1) is 0 Å². The molecule has 0 atom stereocenters. The normalized spacial score (nSPS) is 10.8. The molecule has 158 valence electrons. The van der Waals surface area contributed by atoms with Gasteiger partial charge in [0.15, 0.2) is 16.8 Å². The number of carbonyl (C=O) groups excluding carboxylic acids is 2. The Morgan fingerprint density at radius 2 is 1.90 bits per heavy atom. The molecule has 3 rings (SSSR count). The smallest absolute Gasteiger partial charge is 0.243 e. The summed E-state index contributed by atoms with van der Waals surface area (Å²) in [6, 6.07) is 6.79. The Labute approximate surface area is 178 Å². The van der Waals surface area contributed by atoms with E-state index in [1.165, 1.54) is 18.7 Å². The molecule has 10 heteroatoms. The number of thioether (sulfide) groups is 1. The lowest BCUT2D eigenvalue weighted by Crippen LogP contribution is -2.14. The molecule has 0 spiro atoms. The highest BCUT2D eigenvalue weighted by atomic mass is 32.2. The molecule has 0 aliphatic heterocycles. The van der Waals surface area contributed by atoms with Crippen molar-refractivity contribution >= 4 is 29.1 Å². The third-order valence-corrected chi connectivity index (χ3v) is 5.34. The number of anilines is 1. The Balaban J connectivity index is 1.66. The van der Waals surface area contributed by atoms with E-state index in [4.69, 9.17) is 4.74 Å². The zero-order valence-electron chi connectivity index (χ0n) is 17.4. The van der Waals surface area contributed by atoms with Crippen LogP contribution < -0.4 is 10.1 Å². The summed E-state index contributed by atoms with van der Waals surface area (Å²) in [6.45, 7) is 6.62. The van der Waals surface area contributed by atoms with Crippen LogP contribution in [0.5, 0.6) is 5.88 Å². The molecular weight excluding hydrogens is 404 g/mol. The quantitative estimate of drug-likeness (QED) is 0.413. The third-order valence-electron chi connectivity index (χ3n) is 4.32. The summed E-state index contributed by atoms with van der Waals surface area (Å²) < 4.78 is 9.22. The minimum absolute atomic E-state index is 0.0153. The average Bonchev–Trinajstić information content (AvgIpc) is 3.30. The fourth-order valence-corrected chi connectivity index (χ4v) is 3.46. The molecule has 0 bridgehead atoms. The molecule has 2 aromatic heterocycles. The first-order chi connectivity index (χ1) is 14.4. The van der Waals surface area contributed by atoms with E-state index in [0.29, 0.717) is 41.3 Å². The van der Waals surface area contributed by atoms with Gasteiger partial charge in [-0.3, -0.25) is 14.3 Å². The van der Waals surface area contributed by atoms with E-state index in [9.17, 15) is 9.59 Å². The van der Waals surface area contributed by atoms with Gasteiger partial charge in [0, 0.05) is 31.0 Å². The van der Waals surface area contributed by atoms with Crippen molar-refractivity contribution in [2.75, 3.05) is 17.7 Å². The highest BCUT2D eigenvalue weighted by Gasteiger charge is 2.19. The van der Waals surface area contributed by atoms with Crippen molar-refractivity contribution in [3.63, 3.8) is 0 Å². The number of benzene rings is 1. The van der Waals surface area contributed by atoms with Crippen molar-refractivity contribution < 1.29 is 14.3 Å². The van der Waals surface area contributed by atoms with E-state index >= 15 is 0 Å². The molecule has 0 unspecified atom stereocenters. The molecule has 3 aromatic rings. The van der Waals surface area contributed by atoms with Crippen molar-refractivity contribution in [1.29, 1.82) is 0 Å². The van der Waals surface area contributed by atoms with Crippen LogP contribution in [0.25, 0.3) is 11.4 Å². The van der Waals surface area contributed by atoms with Crippen LogP contribution in [-0.4, -0.2) is 48.6 Å². The monoisotopic (exact) mass is 428 g/mol. The number of ether oxygens (including phenoxy) is 1. The first kappa shape index (κ1) is 21.6. The molecule has 1 aromatic carbocycles. The number of hydrogen-bond donors (Lipinski definition) is 1. The van der Waals surface area contributed by atoms with Gasteiger partial charge in [0.05, 0.1) is 12.4 Å². The van der Waals surface area contributed by atoms with Gasteiger partial charge in [0.1, 0.15) is 5.56 Å². The van der Waals surface area contributed by atoms with Gasteiger partial charge < -0.3 is 14.6 Å². The van der Waals surface area contributed by atoms with Crippen molar-refractivity contribution in [2.24, 2.45) is 7.05 Å². The molecule has 0 aliphatic carbocycles. The molecule has 0 saturated heterocycles.